The van der Waals surface area contributed by atoms with Gasteiger partial charge in [0, 0.05) is 11.3 Å². The molecule has 0 unspecified atom stereocenters. The summed E-state index contributed by atoms with van der Waals surface area (Å²) < 4.78 is 15.5. The van der Waals surface area contributed by atoms with E-state index in [0.29, 0.717) is 22.7 Å². The molecule has 27 heavy (non-hydrogen) atoms. The van der Waals surface area contributed by atoms with Crippen molar-refractivity contribution in [3.05, 3.63) is 53.1 Å². The number of carbonyl (C=O) groups is 3. The smallest absolute Gasteiger partial charge is 0.346 e. The van der Waals surface area contributed by atoms with Gasteiger partial charge in [-0.2, -0.15) is 0 Å². The fourth-order valence-electron chi connectivity index (χ4n) is 2.93. The van der Waals surface area contributed by atoms with Crippen LogP contribution in [0.1, 0.15) is 39.1 Å². The Morgan fingerprint density at radius 2 is 1.74 bits per heavy atom. The summed E-state index contributed by atoms with van der Waals surface area (Å²) in [7, 11) is 2.86. The second-order valence-electron chi connectivity index (χ2n) is 6.05. The van der Waals surface area contributed by atoms with Gasteiger partial charge in [0.15, 0.2) is 12.4 Å². The van der Waals surface area contributed by atoms with Gasteiger partial charge in [-0.3, -0.25) is 9.59 Å². The van der Waals surface area contributed by atoms with Crippen molar-refractivity contribution in [2.75, 3.05) is 26.1 Å². The fourth-order valence-corrected chi connectivity index (χ4v) is 2.93. The van der Waals surface area contributed by atoms with E-state index in [0.717, 1.165) is 5.56 Å². The van der Waals surface area contributed by atoms with Crippen LogP contribution in [0, 0.1) is 0 Å². The molecule has 1 N–H and O–H groups in total. The molecule has 1 heterocycles. The molecule has 1 amide bonds. The Hall–Kier alpha value is -3.35. The maximum atomic E-state index is 12.4. The van der Waals surface area contributed by atoms with Crippen LogP contribution >= 0.6 is 0 Å². The quantitative estimate of drug-likeness (QED) is 0.622. The number of Topliss-reactive ketones (excluding diaryl/α,β-unsaturated/α-hetero) is 1. The molecule has 2 aromatic carbocycles. The average molecular weight is 369 g/mol. The van der Waals surface area contributed by atoms with Crippen LogP contribution in [-0.2, 0) is 9.53 Å². The molecule has 0 aromatic heterocycles. The van der Waals surface area contributed by atoms with Gasteiger partial charge in [-0.15, -0.1) is 0 Å². The van der Waals surface area contributed by atoms with Gasteiger partial charge in [-0.05, 0) is 42.8 Å². The second-order valence-corrected chi connectivity index (χ2v) is 6.05. The first-order chi connectivity index (χ1) is 13.0. The highest BCUT2D eigenvalue weighted by atomic mass is 16.5. The van der Waals surface area contributed by atoms with E-state index in [1.54, 1.807) is 43.3 Å². The van der Waals surface area contributed by atoms with Crippen molar-refractivity contribution in [3.8, 4) is 11.5 Å². The number of anilines is 1. The number of benzene rings is 2. The molecule has 0 spiro atoms. The SMILES string of the molecule is COc1cccc(OC)c1C(=O)OCC(=O)c1ccc2c(c1)[C@@H](C)C(=O)N2. The monoisotopic (exact) mass is 369 g/mol. The number of ketones is 1. The van der Waals surface area contributed by atoms with Crippen LogP contribution in [0.15, 0.2) is 36.4 Å². The molecule has 7 nitrogen and oxygen atoms in total. The van der Waals surface area contributed by atoms with Gasteiger partial charge in [0.1, 0.15) is 17.1 Å². The Morgan fingerprint density at radius 3 is 2.37 bits per heavy atom. The molecule has 0 aliphatic carbocycles. The molecule has 1 aliphatic rings. The van der Waals surface area contributed by atoms with Crippen LogP contribution < -0.4 is 14.8 Å². The van der Waals surface area contributed by atoms with E-state index >= 15 is 0 Å². The molecule has 0 radical (unpaired) electrons. The summed E-state index contributed by atoms with van der Waals surface area (Å²) in [4.78, 5) is 36.6. The van der Waals surface area contributed by atoms with E-state index in [9.17, 15) is 14.4 Å². The summed E-state index contributed by atoms with van der Waals surface area (Å²) in [6.45, 7) is 1.33. The van der Waals surface area contributed by atoms with Crippen molar-refractivity contribution in [1.82, 2.24) is 0 Å². The van der Waals surface area contributed by atoms with E-state index in [-0.39, 0.29) is 23.2 Å². The Labute approximate surface area is 156 Å². The summed E-state index contributed by atoms with van der Waals surface area (Å²) in [5.74, 6) is -0.932. The average Bonchev–Trinajstić information content (AvgIpc) is 2.98. The zero-order chi connectivity index (χ0) is 19.6. The van der Waals surface area contributed by atoms with Crippen LogP contribution in [0.4, 0.5) is 5.69 Å². The van der Waals surface area contributed by atoms with Gasteiger partial charge in [0.25, 0.3) is 0 Å². The number of hydrogen-bond donors (Lipinski definition) is 1. The molecule has 2 aromatic rings. The molecule has 140 valence electrons. The molecule has 0 bridgehead atoms. The van der Waals surface area contributed by atoms with E-state index in [1.807, 2.05) is 0 Å². The summed E-state index contributed by atoms with van der Waals surface area (Å²) >= 11 is 0. The third-order valence-corrected chi connectivity index (χ3v) is 4.46. The third-order valence-electron chi connectivity index (χ3n) is 4.46. The molecule has 3 rings (SSSR count). The lowest BCUT2D eigenvalue weighted by molar-refractivity contribution is -0.116. The van der Waals surface area contributed by atoms with Crippen molar-refractivity contribution >= 4 is 23.3 Å². The number of hydrogen-bond acceptors (Lipinski definition) is 6. The predicted molar refractivity (Wildman–Crippen MR) is 97.6 cm³/mol. The van der Waals surface area contributed by atoms with Gasteiger partial charge in [-0.25, -0.2) is 4.79 Å². The zero-order valence-electron chi connectivity index (χ0n) is 15.2. The highest BCUT2D eigenvalue weighted by molar-refractivity contribution is 6.05. The van der Waals surface area contributed by atoms with Crippen molar-refractivity contribution in [1.29, 1.82) is 0 Å². The number of nitrogens with one attached hydrogen (secondary N) is 1. The van der Waals surface area contributed by atoms with Crippen LogP contribution in [0.3, 0.4) is 0 Å². The van der Waals surface area contributed by atoms with Gasteiger partial charge in [0.05, 0.1) is 20.1 Å². The molecular formula is C20H19NO6. The van der Waals surface area contributed by atoms with E-state index in [1.165, 1.54) is 14.2 Å². The third kappa shape index (κ3) is 3.48. The van der Waals surface area contributed by atoms with Gasteiger partial charge in [-0.1, -0.05) is 6.07 Å². The van der Waals surface area contributed by atoms with Gasteiger partial charge in [0.2, 0.25) is 5.91 Å². The molecule has 0 saturated heterocycles. The standard InChI is InChI=1S/C20H19NO6/c1-11-13-9-12(7-8-14(13)21-19(11)23)15(22)10-27-20(24)18-16(25-2)5-4-6-17(18)26-3/h4-9,11H,10H2,1-3H3,(H,21,23)/t11-/m1/s1. The Kier molecular flexibility index (Phi) is 5.12. The van der Waals surface area contributed by atoms with Crippen LogP contribution in [-0.4, -0.2) is 38.5 Å². The normalized spacial score (nSPS) is 14.9. The maximum Gasteiger partial charge on any atom is 0.346 e. The topological polar surface area (TPSA) is 90.9 Å². The first kappa shape index (κ1) is 18.4. The van der Waals surface area contributed by atoms with Crippen molar-refractivity contribution in [2.45, 2.75) is 12.8 Å². The molecular weight excluding hydrogens is 350 g/mol. The maximum absolute atomic E-state index is 12.4. The molecule has 1 aliphatic heterocycles. The summed E-state index contributed by atoms with van der Waals surface area (Å²) in [5.41, 5.74) is 1.94. The number of ether oxygens (including phenoxy) is 3. The molecule has 7 heteroatoms. The number of carbonyl (C=O) groups excluding carboxylic acids is 3. The zero-order valence-corrected chi connectivity index (χ0v) is 15.2. The lowest BCUT2D eigenvalue weighted by Gasteiger charge is -2.12. The van der Waals surface area contributed by atoms with Crippen LogP contribution in [0.5, 0.6) is 11.5 Å². The summed E-state index contributed by atoms with van der Waals surface area (Å²) in [6, 6.07) is 9.81. The molecule has 0 fully saturated rings. The lowest BCUT2D eigenvalue weighted by Crippen LogP contribution is -2.16. The van der Waals surface area contributed by atoms with E-state index < -0.39 is 12.6 Å². The van der Waals surface area contributed by atoms with Gasteiger partial charge >= 0.3 is 5.97 Å². The minimum atomic E-state index is -0.718. The highest BCUT2D eigenvalue weighted by Gasteiger charge is 2.27. The largest absolute Gasteiger partial charge is 0.496 e. The van der Waals surface area contributed by atoms with Crippen LogP contribution in [0.2, 0.25) is 0 Å². The number of amides is 1. The second kappa shape index (κ2) is 7.49. The molecule has 1 atom stereocenters. The van der Waals surface area contributed by atoms with Crippen molar-refractivity contribution in [2.24, 2.45) is 0 Å². The minimum Gasteiger partial charge on any atom is -0.496 e. The number of rotatable bonds is 6. The lowest BCUT2D eigenvalue weighted by atomic mass is 9.99. The first-order valence-electron chi connectivity index (χ1n) is 8.32. The predicted octanol–water partition coefficient (Wildman–Crippen LogP) is 2.80. The van der Waals surface area contributed by atoms with Gasteiger partial charge < -0.3 is 19.5 Å². The first-order valence-corrected chi connectivity index (χ1v) is 8.32. The Bertz CT molecular complexity index is 898. The van der Waals surface area contributed by atoms with E-state index in [2.05, 4.69) is 5.32 Å². The van der Waals surface area contributed by atoms with Crippen LogP contribution in [0.25, 0.3) is 0 Å². The van der Waals surface area contributed by atoms with Crippen molar-refractivity contribution in [3.63, 3.8) is 0 Å². The Morgan fingerprint density at radius 1 is 1.07 bits per heavy atom. The molecule has 0 saturated carbocycles. The number of esters is 1. The van der Waals surface area contributed by atoms with Crippen molar-refractivity contribution < 1.29 is 28.6 Å². The summed E-state index contributed by atoms with van der Waals surface area (Å²) in [6.07, 6.45) is 0. The number of fused-ring (bicyclic) bond motifs is 1. The van der Waals surface area contributed by atoms with E-state index in [4.69, 9.17) is 14.2 Å². The minimum absolute atomic E-state index is 0.107. The fraction of sp³-hybridized carbons (Fsp3) is 0.250. The summed E-state index contributed by atoms with van der Waals surface area (Å²) in [5, 5.41) is 2.75. The number of methoxy groups -OCH3 is 2. The Balaban J connectivity index is 1.74. The highest BCUT2D eigenvalue weighted by Crippen LogP contribution is 2.33.